The van der Waals surface area contributed by atoms with Gasteiger partial charge in [0.05, 0.1) is 32.4 Å². The standard InChI is InChI=1S/C21H23N3O4/c1-13-7-4-5-8-14(13)19-15-11-24(12-18(15)28-23-19)21(25)22-20-16(26-2)9-6-10-17(20)27-3/h4-10,15,18H,11-12H2,1-3H3,(H,22,25). The van der Waals surface area contributed by atoms with Crippen molar-refractivity contribution in [2.24, 2.45) is 11.1 Å². The lowest BCUT2D eigenvalue weighted by Crippen LogP contribution is -2.34. The number of hydrogen-bond donors (Lipinski definition) is 1. The summed E-state index contributed by atoms with van der Waals surface area (Å²) in [6.07, 6.45) is -0.125. The highest BCUT2D eigenvalue weighted by Gasteiger charge is 2.44. The second-order valence-electron chi connectivity index (χ2n) is 6.91. The van der Waals surface area contributed by atoms with Crippen LogP contribution in [0.2, 0.25) is 0 Å². The van der Waals surface area contributed by atoms with Crippen LogP contribution >= 0.6 is 0 Å². The van der Waals surface area contributed by atoms with Crippen LogP contribution in [-0.2, 0) is 4.84 Å². The van der Waals surface area contributed by atoms with Crippen molar-refractivity contribution in [2.75, 3.05) is 32.6 Å². The molecule has 0 bridgehead atoms. The zero-order valence-electron chi connectivity index (χ0n) is 16.1. The van der Waals surface area contributed by atoms with Crippen molar-refractivity contribution in [2.45, 2.75) is 13.0 Å². The molecule has 4 rings (SSSR count). The summed E-state index contributed by atoms with van der Waals surface area (Å²) in [5.41, 5.74) is 3.65. The second kappa shape index (κ2) is 7.42. The van der Waals surface area contributed by atoms with E-state index in [9.17, 15) is 4.79 Å². The minimum Gasteiger partial charge on any atom is -0.494 e. The van der Waals surface area contributed by atoms with E-state index in [0.29, 0.717) is 30.3 Å². The molecule has 2 unspecified atom stereocenters. The van der Waals surface area contributed by atoms with Crippen molar-refractivity contribution in [3.63, 3.8) is 0 Å². The number of hydrogen-bond acceptors (Lipinski definition) is 5. The Bertz CT molecular complexity index is 905. The first-order chi connectivity index (χ1) is 13.6. The monoisotopic (exact) mass is 381 g/mol. The summed E-state index contributed by atoms with van der Waals surface area (Å²) in [6.45, 7) is 3.08. The minimum absolute atomic E-state index is 0.0615. The highest BCUT2D eigenvalue weighted by atomic mass is 16.6. The maximum absolute atomic E-state index is 12.9. The molecule has 0 saturated carbocycles. The molecule has 2 aromatic carbocycles. The molecule has 7 heteroatoms. The highest BCUT2D eigenvalue weighted by Crippen LogP contribution is 2.36. The summed E-state index contributed by atoms with van der Waals surface area (Å²) >= 11 is 0. The number of carbonyl (C=O) groups is 1. The van der Waals surface area contributed by atoms with Crippen molar-refractivity contribution in [1.82, 2.24) is 4.90 Å². The van der Waals surface area contributed by atoms with Gasteiger partial charge < -0.3 is 24.5 Å². The number of aryl methyl sites for hydroxylation is 1. The third-order valence-corrected chi connectivity index (χ3v) is 5.27. The van der Waals surface area contributed by atoms with Crippen molar-refractivity contribution in [1.29, 1.82) is 0 Å². The fourth-order valence-electron chi connectivity index (χ4n) is 3.77. The van der Waals surface area contributed by atoms with Crippen molar-refractivity contribution in [3.8, 4) is 11.5 Å². The predicted octanol–water partition coefficient (Wildman–Crippen LogP) is 3.28. The third kappa shape index (κ3) is 3.13. The van der Waals surface area contributed by atoms with E-state index in [1.165, 1.54) is 0 Å². The second-order valence-corrected chi connectivity index (χ2v) is 6.91. The van der Waals surface area contributed by atoms with Gasteiger partial charge >= 0.3 is 6.03 Å². The quantitative estimate of drug-likeness (QED) is 0.882. The van der Waals surface area contributed by atoms with Crippen molar-refractivity contribution in [3.05, 3.63) is 53.6 Å². The number of rotatable bonds is 4. The molecule has 0 aromatic heterocycles. The minimum atomic E-state index is -0.218. The fourth-order valence-corrected chi connectivity index (χ4v) is 3.77. The van der Waals surface area contributed by atoms with E-state index < -0.39 is 0 Å². The molecule has 1 saturated heterocycles. The van der Waals surface area contributed by atoms with Gasteiger partial charge in [0.25, 0.3) is 0 Å². The maximum atomic E-state index is 12.9. The Labute approximate surface area is 163 Å². The smallest absolute Gasteiger partial charge is 0.322 e. The molecular formula is C21H23N3O4. The van der Waals surface area contributed by atoms with Crippen molar-refractivity contribution >= 4 is 17.4 Å². The lowest BCUT2D eigenvalue weighted by molar-refractivity contribution is 0.0780. The van der Waals surface area contributed by atoms with E-state index in [0.717, 1.165) is 16.8 Å². The summed E-state index contributed by atoms with van der Waals surface area (Å²) < 4.78 is 10.7. The van der Waals surface area contributed by atoms with Gasteiger partial charge in [-0.2, -0.15) is 0 Å². The van der Waals surface area contributed by atoms with Gasteiger partial charge in [-0.15, -0.1) is 0 Å². The number of para-hydroxylation sites is 1. The SMILES string of the molecule is COc1cccc(OC)c1NC(=O)N1CC2ON=C(c3ccccc3C)C2C1. The van der Waals surface area contributed by atoms with Crippen LogP contribution in [0.1, 0.15) is 11.1 Å². The molecule has 0 radical (unpaired) electrons. The molecular weight excluding hydrogens is 358 g/mol. The van der Waals surface area contributed by atoms with Crippen LogP contribution in [0.5, 0.6) is 11.5 Å². The summed E-state index contributed by atoms with van der Waals surface area (Å²) in [7, 11) is 3.12. The van der Waals surface area contributed by atoms with E-state index >= 15 is 0 Å². The summed E-state index contributed by atoms with van der Waals surface area (Å²) in [5, 5.41) is 7.22. The van der Waals surface area contributed by atoms with Crippen LogP contribution < -0.4 is 14.8 Å². The Kier molecular flexibility index (Phi) is 4.81. The van der Waals surface area contributed by atoms with Gasteiger partial charge in [-0.05, 0) is 24.6 Å². The number of anilines is 1. The lowest BCUT2D eigenvalue weighted by atomic mass is 9.92. The van der Waals surface area contributed by atoms with Gasteiger partial charge in [-0.25, -0.2) is 4.79 Å². The van der Waals surface area contributed by atoms with Crippen molar-refractivity contribution < 1.29 is 19.1 Å². The average Bonchev–Trinajstić information content (AvgIpc) is 3.29. The number of methoxy groups -OCH3 is 2. The molecule has 1 N–H and O–H groups in total. The molecule has 28 heavy (non-hydrogen) atoms. The van der Waals surface area contributed by atoms with Gasteiger partial charge in [0.1, 0.15) is 17.2 Å². The largest absolute Gasteiger partial charge is 0.494 e. The van der Waals surface area contributed by atoms with E-state index in [1.807, 2.05) is 24.3 Å². The first-order valence-electron chi connectivity index (χ1n) is 9.19. The molecule has 0 aliphatic carbocycles. The van der Waals surface area contributed by atoms with Gasteiger partial charge in [0, 0.05) is 12.1 Å². The van der Waals surface area contributed by atoms with Crippen LogP contribution in [-0.4, -0.2) is 50.1 Å². The van der Waals surface area contributed by atoms with E-state index in [-0.39, 0.29) is 18.1 Å². The molecule has 7 nitrogen and oxygen atoms in total. The molecule has 2 amide bonds. The Morgan fingerprint density at radius 1 is 1.11 bits per heavy atom. The highest BCUT2D eigenvalue weighted by molar-refractivity contribution is 6.05. The molecule has 2 aromatic rings. The van der Waals surface area contributed by atoms with Crippen LogP contribution in [0, 0.1) is 12.8 Å². The molecule has 2 aliphatic heterocycles. The third-order valence-electron chi connectivity index (χ3n) is 5.27. The average molecular weight is 381 g/mol. The molecule has 1 fully saturated rings. The summed E-state index contributed by atoms with van der Waals surface area (Å²) in [4.78, 5) is 20.3. The molecule has 2 aliphatic rings. The Morgan fingerprint density at radius 3 is 2.50 bits per heavy atom. The number of oxime groups is 1. The summed E-state index contributed by atoms with van der Waals surface area (Å²) in [5.74, 6) is 1.16. The van der Waals surface area contributed by atoms with Gasteiger partial charge in [-0.1, -0.05) is 35.5 Å². The van der Waals surface area contributed by atoms with Crippen LogP contribution in [0.3, 0.4) is 0 Å². The van der Waals surface area contributed by atoms with Crippen LogP contribution in [0.25, 0.3) is 0 Å². The lowest BCUT2D eigenvalue weighted by Gasteiger charge is -2.20. The van der Waals surface area contributed by atoms with E-state index in [2.05, 4.69) is 23.5 Å². The van der Waals surface area contributed by atoms with Gasteiger partial charge in [0.2, 0.25) is 0 Å². The Morgan fingerprint density at radius 2 is 1.82 bits per heavy atom. The Hall–Kier alpha value is -3.22. The fraction of sp³-hybridized carbons (Fsp3) is 0.333. The van der Waals surface area contributed by atoms with Crippen LogP contribution in [0.15, 0.2) is 47.6 Å². The summed E-state index contributed by atoms with van der Waals surface area (Å²) in [6, 6.07) is 13.2. The first kappa shape index (κ1) is 18.2. The molecule has 146 valence electrons. The topological polar surface area (TPSA) is 72.4 Å². The normalized spacial score (nSPS) is 20.2. The number of nitrogens with zero attached hydrogens (tertiary/aromatic N) is 2. The number of amides is 2. The number of carbonyl (C=O) groups excluding carboxylic acids is 1. The molecule has 2 heterocycles. The maximum Gasteiger partial charge on any atom is 0.322 e. The van der Waals surface area contributed by atoms with Gasteiger partial charge in [-0.3, -0.25) is 0 Å². The zero-order valence-corrected chi connectivity index (χ0v) is 16.1. The van der Waals surface area contributed by atoms with Crippen LogP contribution in [0.4, 0.5) is 10.5 Å². The number of ether oxygens (including phenoxy) is 2. The molecule has 0 spiro atoms. The first-order valence-corrected chi connectivity index (χ1v) is 9.19. The zero-order chi connectivity index (χ0) is 19.7. The number of urea groups is 1. The number of fused-ring (bicyclic) bond motifs is 1. The van der Waals surface area contributed by atoms with E-state index in [1.54, 1.807) is 31.3 Å². The van der Waals surface area contributed by atoms with E-state index in [4.69, 9.17) is 14.3 Å². The molecule has 2 atom stereocenters. The number of likely N-dealkylation sites (tertiary alicyclic amines) is 1. The number of nitrogens with one attached hydrogen (secondary N) is 1. The van der Waals surface area contributed by atoms with Gasteiger partial charge in [0.15, 0.2) is 6.10 Å². The predicted molar refractivity (Wildman–Crippen MR) is 106 cm³/mol. The number of benzene rings is 2. The Balaban J connectivity index is 1.51.